The molecule has 1 aliphatic rings. The SMILES string of the molecule is c1cc2[nH]nc(-c3ccc4c(c3)NCC4)c2cn1. The standard InChI is InChI=1S/C14H12N4/c1-2-10(7-13-9(1)3-6-16-13)14-11-8-15-5-4-12(11)17-18-14/h1-2,4-5,7-8,16H,3,6H2,(H,17,18). The van der Waals surface area contributed by atoms with E-state index in [1.54, 1.807) is 6.20 Å². The van der Waals surface area contributed by atoms with Gasteiger partial charge < -0.3 is 5.32 Å². The first-order valence-electron chi connectivity index (χ1n) is 6.07. The Kier molecular flexibility index (Phi) is 1.91. The zero-order valence-electron chi connectivity index (χ0n) is 9.77. The highest BCUT2D eigenvalue weighted by molar-refractivity contribution is 5.92. The van der Waals surface area contributed by atoms with Crippen molar-refractivity contribution in [1.82, 2.24) is 15.2 Å². The van der Waals surface area contributed by atoms with E-state index in [2.05, 4.69) is 38.7 Å². The molecule has 4 nitrogen and oxygen atoms in total. The van der Waals surface area contributed by atoms with Gasteiger partial charge in [0.15, 0.2) is 0 Å². The molecule has 2 aromatic heterocycles. The van der Waals surface area contributed by atoms with E-state index >= 15 is 0 Å². The molecule has 3 aromatic rings. The maximum absolute atomic E-state index is 4.40. The fraction of sp³-hybridized carbons (Fsp3) is 0.143. The minimum Gasteiger partial charge on any atom is -0.384 e. The van der Waals surface area contributed by atoms with Crippen molar-refractivity contribution in [2.75, 3.05) is 11.9 Å². The lowest BCUT2D eigenvalue weighted by molar-refractivity contribution is 1.11. The van der Waals surface area contributed by atoms with E-state index in [1.807, 2.05) is 12.3 Å². The summed E-state index contributed by atoms with van der Waals surface area (Å²) >= 11 is 0. The van der Waals surface area contributed by atoms with Crippen LogP contribution >= 0.6 is 0 Å². The van der Waals surface area contributed by atoms with Crippen LogP contribution in [-0.2, 0) is 6.42 Å². The van der Waals surface area contributed by atoms with E-state index in [0.29, 0.717) is 0 Å². The van der Waals surface area contributed by atoms with Crippen molar-refractivity contribution < 1.29 is 0 Å². The number of H-pyrrole nitrogens is 1. The zero-order chi connectivity index (χ0) is 11.9. The summed E-state index contributed by atoms with van der Waals surface area (Å²) < 4.78 is 0. The van der Waals surface area contributed by atoms with Gasteiger partial charge in [-0.25, -0.2) is 0 Å². The predicted octanol–water partition coefficient (Wildman–Crippen LogP) is 2.59. The van der Waals surface area contributed by atoms with Gasteiger partial charge in [0.25, 0.3) is 0 Å². The van der Waals surface area contributed by atoms with Gasteiger partial charge in [0.1, 0.15) is 5.69 Å². The summed E-state index contributed by atoms with van der Waals surface area (Å²) in [4.78, 5) is 4.17. The van der Waals surface area contributed by atoms with E-state index in [1.165, 1.54) is 11.3 Å². The summed E-state index contributed by atoms with van der Waals surface area (Å²) in [7, 11) is 0. The normalized spacial score (nSPS) is 13.6. The molecule has 1 aliphatic heterocycles. The molecule has 4 rings (SSSR count). The lowest BCUT2D eigenvalue weighted by Crippen LogP contribution is -1.91. The molecule has 0 atom stereocenters. The van der Waals surface area contributed by atoms with Gasteiger partial charge in [0.2, 0.25) is 0 Å². The fourth-order valence-electron chi connectivity index (χ4n) is 2.52. The number of rotatable bonds is 1. The lowest BCUT2D eigenvalue weighted by Gasteiger charge is -2.03. The van der Waals surface area contributed by atoms with Crippen LogP contribution in [0.2, 0.25) is 0 Å². The molecular weight excluding hydrogens is 224 g/mol. The Labute approximate surface area is 104 Å². The molecule has 0 fully saturated rings. The van der Waals surface area contributed by atoms with Crippen molar-refractivity contribution in [3.8, 4) is 11.3 Å². The van der Waals surface area contributed by atoms with Gasteiger partial charge >= 0.3 is 0 Å². The third kappa shape index (κ3) is 1.32. The second-order valence-electron chi connectivity index (χ2n) is 4.54. The lowest BCUT2D eigenvalue weighted by atomic mass is 10.1. The van der Waals surface area contributed by atoms with Crippen LogP contribution < -0.4 is 5.32 Å². The Balaban J connectivity index is 1.92. The van der Waals surface area contributed by atoms with Gasteiger partial charge in [-0.05, 0) is 24.1 Å². The number of hydrogen-bond acceptors (Lipinski definition) is 3. The van der Waals surface area contributed by atoms with Crippen LogP contribution in [0.25, 0.3) is 22.2 Å². The molecule has 3 heterocycles. The number of anilines is 1. The van der Waals surface area contributed by atoms with Crippen LogP contribution in [0.3, 0.4) is 0 Å². The molecule has 0 saturated heterocycles. The van der Waals surface area contributed by atoms with Gasteiger partial charge in [-0.15, -0.1) is 0 Å². The van der Waals surface area contributed by atoms with Gasteiger partial charge in [-0.2, -0.15) is 5.10 Å². The van der Waals surface area contributed by atoms with Crippen LogP contribution in [0.4, 0.5) is 5.69 Å². The Hall–Kier alpha value is -2.36. The average molecular weight is 236 g/mol. The van der Waals surface area contributed by atoms with Crippen molar-refractivity contribution >= 4 is 16.6 Å². The molecular formula is C14H12N4. The Morgan fingerprint density at radius 2 is 2.17 bits per heavy atom. The minimum absolute atomic E-state index is 0.967. The highest BCUT2D eigenvalue weighted by Crippen LogP contribution is 2.31. The van der Waals surface area contributed by atoms with Crippen LogP contribution in [0.15, 0.2) is 36.7 Å². The fourth-order valence-corrected chi connectivity index (χ4v) is 2.52. The predicted molar refractivity (Wildman–Crippen MR) is 71.5 cm³/mol. The first-order valence-corrected chi connectivity index (χ1v) is 6.07. The van der Waals surface area contributed by atoms with E-state index in [-0.39, 0.29) is 0 Å². The number of hydrogen-bond donors (Lipinski definition) is 2. The van der Waals surface area contributed by atoms with Crippen LogP contribution in [0.1, 0.15) is 5.56 Å². The highest BCUT2D eigenvalue weighted by Gasteiger charge is 2.13. The second-order valence-corrected chi connectivity index (χ2v) is 4.54. The third-order valence-corrected chi connectivity index (χ3v) is 3.46. The maximum atomic E-state index is 4.40. The largest absolute Gasteiger partial charge is 0.384 e. The molecule has 1 aromatic carbocycles. The summed E-state index contributed by atoms with van der Waals surface area (Å²) in [5.74, 6) is 0. The minimum atomic E-state index is 0.967. The Bertz CT molecular complexity index is 729. The van der Waals surface area contributed by atoms with Crippen molar-refractivity contribution in [3.05, 3.63) is 42.2 Å². The number of benzene rings is 1. The third-order valence-electron chi connectivity index (χ3n) is 3.46. The van der Waals surface area contributed by atoms with Gasteiger partial charge in [0, 0.05) is 35.6 Å². The average Bonchev–Trinajstić information content (AvgIpc) is 3.04. The van der Waals surface area contributed by atoms with Crippen molar-refractivity contribution in [1.29, 1.82) is 0 Å². The van der Waals surface area contributed by atoms with Gasteiger partial charge in [-0.1, -0.05) is 12.1 Å². The molecule has 0 spiro atoms. The molecule has 88 valence electrons. The van der Waals surface area contributed by atoms with E-state index in [0.717, 1.165) is 35.1 Å². The molecule has 2 N–H and O–H groups in total. The molecule has 4 heteroatoms. The number of pyridine rings is 1. The number of aromatic amines is 1. The number of aromatic nitrogens is 3. The van der Waals surface area contributed by atoms with E-state index in [4.69, 9.17) is 0 Å². The maximum Gasteiger partial charge on any atom is 0.102 e. The van der Waals surface area contributed by atoms with Crippen LogP contribution in [0.5, 0.6) is 0 Å². The topological polar surface area (TPSA) is 53.6 Å². The first kappa shape index (κ1) is 9.65. The highest BCUT2D eigenvalue weighted by atomic mass is 15.1. The smallest absolute Gasteiger partial charge is 0.102 e. The summed E-state index contributed by atoms with van der Waals surface area (Å²) in [5.41, 5.74) is 5.73. The molecule has 0 unspecified atom stereocenters. The Morgan fingerprint density at radius 1 is 1.17 bits per heavy atom. The number of nitrogens with one attached hydrogen (secondary N) is 2. The molecule has 18 heavy (non-hydrogen) atoms. The summed E-state index contributed by atoms with van der Waals surface area (Å²) in [6, 6.07) is 8.43. The summed E-state index contributed by atoms with van der Waals surface area (Å²) in [6.07, 6.45) is 4.74. The van der Waals surface area contributed by atoms with Gasteiger partial charge in [0.05, 0.1) is 5.52 Å². The van der Waals surface area contributed by atoms with Crippen molar-refractivity contribution in [2.45, 2.75) is 6.42 Å². The van der Waals surface area contributed by atoms with Crippen molar-refractivity contribution in [3.63, 3.8) is 0 Å². The second kappa shape index (κ2) is 3.57. The molecule has 0 bridgehead atoms. The number of fused-ring (bicyclic) bond motifs is 2. The molecule has 0 amide bonds. The quantitative estimate of drug-likeness (QED) is 0.682. The van der Waals surface area contributed by atoms with Crippen molar-refractivity contribution in [2.24, 2.45) is 0 Å². The monoisotopic (exact) mass is 236 g/mol. The first-order chi connectivity index (χ1) is 8.92. The Morgan fingerprint density at radius 3 is 3.17 bits per heavy atom. The molecule has 0 radical (unpaired) electrons. The number of nitrogens with zero attached hydrogens (tertiary/aromatic N) is 2. The molecule has 0 aliphatic carbocycles. The van der Waals surface area contributed by atoms with Crippen LogP contribution in [0, 0.1) is 0 Å². The molecule has 0 saturated carbocycles. The zero-order valence-corrected chi connectivity index (χ0v) is 9.77. The summed E-state index contributed by atoms with van der Waals surface area (Å²) in [6.45, 7) is 1.03. The van der Waals surface area contributed by atoms with Crippen LogP contribution in [-0.4, -0.2) is 21.7 Å². The van der Waals surface area contributed by atoms with E-state index in [9.17, 15) is 0 Å². The van der Waals surface area contributed by atoms with E-state index < -0.39 is 0 Å². The van der Waals surface area contributed by atoms with Gasteiger partial charge in [-0.3, -0.25) is 10.1 Å². The summed E-state index contributed by atoms with van der Waals surface area (Å²) in [5, 5.41) is 11.9.